The van der Waals surface area contributed by atoms with Crippen LogP contribution in [-0.4, -0.2) is 17.8 Å². The smallest absolute Gasteiger partial charge is 0.338 e. The Labute approximate surface area is 176 Å². The number of nitrogens with zero attached hydrogens (tertiary/aromatic N) is 1. The van der Waals surface area contributed by atoms with Crippen LogP contribution in [0.25, 0.3) is 0 Å². The molecule has 1 heterocycles. The topological polar surface area (TPSA) is 63.7 Å². The van der Waals surface area contributed by atoms with Gasteiger partial charge in [-0.25, -0.2) is 9.69 Å². The molecule has 144 valence electrons. The molecule has 0 saturated carbocycles. The molecule has 0 bridgehead atoms. The van der Waals surface area contributed by atoms with Gasteiger partial charge in [-0.15, -0.1) is 0 Å². The number of imide groups is 1. The molecule has 1 aliphatic rings. The van der Waals surface area contributed by atoms with Crippen LogP contribution in [0.2, 0.25) is 0 Å². The summed E-state index contributed by atoms with van der Waals surface area (Å²) in [6, 6.07) is 19.0. The molecule has 1 aliphatic heterocycles. The van der Waals surface area contributed by atoms with Crippen LogP contribution in [0.15, 0.2) is 71.2 Å². The number of aryl methyl sites for hydroxylation is 1. The van der Waals surface area contributed by atoms with Gasteiger partial charge >= 0.3 is 5.97 Å². The highest BCUT2D eigenvalue weighted by Crippen LogP contribution is 2.29. The molecule has 0 saturated heterocycles. The maximum Gasteiger partial charge on any atom is 0.338 e. The summed E-state index contributed by atoms with van der Waals surface area (Å²) in [7, 11) is 0. The van der Waals surface area contributed by atoms with E-state index in [1.54, 1.807) is 12.1 Å². The van der Waals surface area contributed by atoms with Gasteiger partial charge < -0.3 is 4.74 Å². The quantitative estimate of drug-likeness (QED) is 0.419. The summed E-state index contributed by atoms with van der Waals surface area (Å²) in [5.41, 5.74) is 3.09. The van der Waals surface area contributed by atoms with Crippen molar-refractivity contribution in [1.82, 2.24) is 0 Å². The van der Waals surface area contributed by atoms with Crippen LogP contribution in [-0.2, 0) is 11.3 Å². The van der Waals surface area contributed by atoms with Crippen molar-refractivity contribution < 1.29 is 19.1 Å². The molecule has 0 atom stereocenters. The number of carbonyl (C=O) groups is 3. The van der Waals surface area contributed by atoms with Crippen LogP contribution in [0.5, 0.6) is 0 Å². The van der Waals surface area contributed by atoms with Crippen molar-refractivity contribution >= 4 is 39.4 Å². The lowest BCUT2D eigenvalue weighted by molar-refractivity contribution is 0.0472. The molecule has 4 rings (SSSR count). The first-order valence-electron chi connectivity index (χ1n) is 8.95. The lowest BCUT2D eigenvalue weighted by atomic mass is 10.1. The van der Waals surface area contributed by atoms with Gasteiger partial charge in [0.2, 0.25) is 0 Å². The third-order valence-electron chi connectivity index (χ3n) is 4.70. The van der Waals surface area contributed by atoms with E-state index in [4.69, 9.17) is 4.74 Å². The fourth-order valence-electron chi connectivity index (χ4n) is 3.11. The molecule has 29 heavy (non-hydrogen) atoms. The van der Waals surface area contributed by atoms with Gasteiger partial charge in [-0.3, -0.25) is 9.59 Å². The second-order valence-electron chi connectivity index (χ2n) is 6.74. The van der Waals surface area contributed by atoms with E-state index in [2.05, 4.69) is 15.9 Å². The molecular weight excluding hydrogens is 434 g/mol. The number of ether oxygens (including phenoxy) is 1. The number of halogens is 1. The minimum absolute atomic E-state index is 0.117. The minimum atomic E-state index is -0.551. The van der Waals surface area contributed by atoms with Gasteiger partial charge in [0, 0.05) is 4.47 Å². The number of hydrogen-bond acceptors (Lipinski definition) is 4. The lowest BCUT2D eigenvalue weighted by Crippen LogP contribution is -2.29. The van der Waals surface area contributed by atoms with Crippen molar-refractivity contribution in [2.45, 2.75) is 13.5 Å². The molecule has 0 fully saturated rings. The van der Waals surface area contributed by atoms with Crippen molar-refractivity contribution in [3.8, 4) is 0 Å². The molecule has 5 nitrogen and oxygen atoms in total. The summed E-state index contributed by atoms with van der Waals surface area (Å²) in [5.74, 6) is -1.40. The van der Waals surface area contributed by atoms with E-state index in [1.807, 2.05) is 43.3 Å². The van der Waals surface area contributed by atoms with E-state index in [0.29, 0.717) is 5.69 Å². The van der Waals surface area contributed by atoms with E-state index in [-0.39, 0.29) is 23.3 Å². The Morgan fingerprint density at radius 1 is 0.897 bits per heavy atom. The first kappa shape index (κ1) is 19.1. The Bertz CT molecular complexity index is 1120. The van der Waals surface area contributed by atoms with Crippen LogP contribution in [0.4, 0.5) is 5.69 Å². The number of benzene rings is 3. The van der Waals surface area contributed by atoms with Crippen molar-refractivity contribution in [3.63, 3.8) is 0 Å². The number of fused-ring (bicyclic) bond motifs is 1. The molecule has 3 aromatic rings. The molecule has 0 unspecified atom stereocenters. The molecule has 0 aromatic heterocycles. The van der Waals surface area contributed by atoms with E-state index in [0.717, 1.165) is 20.5 Å². The summed E-state index contributed by atoms with van der Waals surface area (Å²) < 4.78 is 6.27. The molecule has 3 aromatic carbocycles. The minimum Gasteiger partial charge on any atom is -0.457 e. The second kappa shape index (κ2) is 7.64. The summed E-state index contributed by atoms with van der Waals surface area (Å²) in [6.07, 6.45) is 0. The summed E-state index contributed by atoms with van der Waals surface area (Å²) in [5, 5.41) is 0. The zero-order valence-electron chi connectivity index (χ0n) is 15.5. The van der Waals surface area contributed by atoms with Gasteiger partial charge in [0.25, 0.3) is 11.8 Å². The van der Waals surface area contributed by atoms with Crippen LogP contribution < -0.4 is 4.90 Å². The van der Waals surface area contributed by atoms with Crippen LogP contribution >= 0.6 is 15.9 Å². The number of carbonyl (C=O) groups excluding carboxylic acids is 3. The zero-order chi connectivity index (χ0) is 20.5. The van der Waals surface area contributed by atoms with Crippen molar-refractivity contribution in [2.24, 2.45) is 0 Å². The van der Waals surface area contributed by atoms with Crippen LogP contribution in [0.1, 0.15) is 42.2 Å². The normalized spacial score (nSPS) is 12.8. The predicted octanol–water partition coefficient (Wildman–Crippen LogP) is 4.92. The maximum atomic E-state index is 12.8. The molecule has 0 N–H and O–H groups in total. The van der Waals surface area contributed by atoms with Gasteiger partial charge in [0.1, 0.15) is 6.61 Å². The van der Waals surface area contributed by atoms with Crippen molar-refractivity contribution in [1.29, 1.82) is 0 Å². The van der Waals surface area contributed by atoms with E-state index < -0.39 is 17.8 Å². The molecular formula is C23H16BrNO4. The van der Waals surface area contributed by atoms with Gasteiger partial charge in [0.15, 0.2) is 0 Å². The standard InChI is InChI=1S/C23H16BrNO4/c1-14-2-9-18(10-3-14)25-21(26)19-11-6-16(12-20(19)22(25)27)23(28)29-13-15-4-7-17(24)8-5-15/h2-12H,13H2,1H3. The number of anilines is 1. The predicted molar refractivity (Wildman–Crippen MR) is 112 cm³/mol. The first-order valence-corrected chi connectivity index (χ1v) is 9.74. The van der Waals surface area contributed by atoms with Gasteiger partial charge in [-0.05, 0) is 55.0 Å². The van der Waals surface area contributed by atoms with Crippen LogP contribution in [0.3, 0.4) is 0 Å². The number of esters is 1. The van der Waals surface area contributed by atoms with Crippen molar-refractivity contribution in [3.05, 3.63) is 99.0 Å². The Morgan fingerprint density at radius 2 is 1.55 bits per heavy atom. The Morgan fingerprint density at radius 3 is 2.24 bits per heavy atom. The Kier molecular flexibility index (Phi) is 5.03. The highest BCUT2D eigenvalue weighted by Gasteiger charge is 2.37. The molecule has 0 aliphatic carbocycles. The third kappa shape index (κ3) is 3.71. The molecule has 6 heteroatoms. The Hall–Kier alpha value is -3.25. The zero-order valence-corrected chi connectivity index (χ0v) is 17.1. The number of rotatable bonds is 4. The van der Waals surface area contributed by atoms with Gasteiger partial charge in [0.05, 0.1) is 22.4 Å². The highest BCUT2D eigenvalue weighted by molar-refractivity contribution is 9.10. The maximum absolute atomic E-state index is 12.8. The molecule has 2 amide bonds. The number of hydrogen-bond donors (Lipinski definition) is 0. The van der Waals surface area contributed by atoms with Crippen LogP contribution in [0, 0.1) is 6.92 Å². The highest BCUT2D eigenvalue weighted by atomic mass is 79.9. The monoisotopic (exact) mass is 449 g/mol. The second-order valence-corrected chi connectivity index (χ2v) is 7.66. The average Bonchev–Trinajstić information content (AvgIpc) is 2.98. The molecule has 0 spiro atoms. The third-order valence-corrected chi connectivity index (χ3v) is 5.23. The first-order chi connectivity index (χ1) is 13.9. The SMILES string of the molecule is Cc1ccc(N2C(=O)c3ccc(C(=O)OCc4ccc(Br)cc4)cc3C2=O)cc1. The van der Waals surface area contributed by atoms with Gasteiger partial charge in [-0.2, -0.15) is 0 Å². The van der Waals surface area contributed by atoms with E-state index in [9.17, 15) is 14.4 Å². The van der Waals surface area contributed by atoms with Gasteiger partial charge in [-0.1, -0.05) is 45.8 Å². The Balaban J connectivity index is 1.54. The largest absolute Gasteiger partial charge is 0.457 e. The fourth-order valence-corrected chi connectivity index (χ4v) is 3.37. The summed E-state index contributed by atoms with van der Waals surface area (Å²) in [6.45, 7) is 2.05. The number of amides is 2. The lowest BCUT2D eigenvalue weighted by Gasteiger charge is -2.13. The van der Waals surface area contributed by atoms with Crippen molar-refractivity contribution in [2.75, 3.05) is 4.90 Å². The van der Waals surface area contributed by atoms with E-state index >= 15 is 0 Å². The average molecular weight is 450 g/mol. The summed E-state index contributed by atoms with van der Waals surface area (Å²) >= 11 is 3.36. The fraction of sp³-hybridized carbons (Fsp3) is 0.0870. The molecule has 0 radical (unpaired) electrons. The summed E-state index contributed by atoms with van der Waals surface area (Å²) in [4.78, 5) is 39.1. The van der Waals surface area contributed by atoms with E-state index in [1.165, 1.54) is 18.2 Å².